The van der Waals surface area contributed by atoms with E-state index in [0.717, 1.165) is 11.3 Å². The van der Waals surface area contributed by atoms with Crippen LogP contribution in [0.3, 0.4) is 0 Å². The molecule has 5 heteroatoms. The lowest BCUT2D eigenvalue weighted by atomic mass is 10.2. The average Bonchev–Trinajstić information content (AvgIpc) is 2.54. The zero-order chi connectivity index (χ0) is 15.9. The number of benzene rings is 2. The van der Waals surface area contributed by atoms with E-state index in [0.29, 0.717) is 28.1 Å². The van der Waals surface area contributed by atoms with Crippen LogP contribution >= 0.6 is 23.2 Å². The van der Waals surface area contributed by atoms with Crippen molar-refractivity contribution in [2.75, 3.05) is 19.0 Å². The number of methoxy groups -OCH3 is 1. The molecule has 0 fully saturated rings. The van der Waals surface area contributed by atoms with Gasteiger partial charge in [-0.1, -0.05) is 35.2 Å². The summed E-state index contributed by atoms with van der Waals surface area (Å²) in [4.78, 5) is 0. The van der Waals surface area contributed by atoms with Crippen molar-refractivity contribution in [3.8, 4) is 23.8 Å². The van der Waals surface area contributed by atoms with E-state index in [2.05, 4.69) is 11.2 Å². The van der Waals surface area contributed by atoms with Crippen LogP contribution in [0, 0.1) is 12.3 Å². The molecule has 1 N–H and O–H groups in total. The molecule has 0 amide bonds. The maximum absolute atomic E-state index is 5.99. The molecule has 2 aromatic carbocycles. The molecule has 0 bridgehead atoms. The molecule has 0 aliphatic heterocycles. The lowest BCUT2D eigenvalue weighted by Crippen LogP contribution is -2.01. The van der Waals surface area contributed by atoms with E-state index < -0.39 is 0 Å². The summed E-state index contributed by atoms with van der Waals surface area (Å²) in [6.45, 7) is 0.820. The van der Waals surface area contributed by atoms with Crippen LogP contribution in [-0.2, 0) is 6.54 Å². The minimum atomic E-state index is 0.206. The predicted molar refractivity (Wildman–Crippen MR) is 91.1 cm³/mol. The third kappa shape index (κ3) is 4.24. The van der Waals surface area contributed by atoms with Crippen molar-refractivity contribution in [2.24, 2.45) is 0 Å². The number of hydrogen-bond donors (Lipinski definition) is 1. The first-order valence-corrected chi connectivity index (χ1v) is 7.31. The van der Waals surface area contributed by atoms with Crippen LogP contribution in [0.2, 0.25) is 10.0 Å². The highest BCUT2D eigenvalue weighted by Gasteiger charge is 2.06. The van der Waals surface area contributed by atoms with E-state index in [-0.39, 0.29) is 6.61 Å². The molecule has 114 valence electrons. The van der Waals surface area contributed by atoms with Crippen molar-refractivity contribution in [3.05, 3.63) is 52.0 Å². The number of ether oxygens (including phenoxy) is 2. The molecule has 0 unspecified atom stereocenters. The van der Waals surface area contributed by atoms with Crippen LogP contribution < -0.4 is 14.8 Å². The molecule has 0 aliphatic carbocycles. The summed E-state index contributed by atoms with van der Waals surface area (Å²) in [7, 11) is 1.59. The van der Waals surface area contributed by atoms with Crippen LogP contribution in [0.4, 0.5) is 5.69 Å². The van der Waals surface area contributed by atoms with Gasteiger partial charge in [-0.05, 0) is 35.9 Å². The fourth-order valence-corrected chi connectivity index (χ4v) is 2.17. The lowest BCUT2D eigenvalue weighted by Gasteiger charge is -2.12. The molecule has 0 spiro atoms. The lowest BCUT2D eigenvalue weighted by molar-refractivity contribution is 0.330. The van der Waals surface area contributed by atoms with Gasteiger partial charge in [0.25, 0.3) is 0 Å². The van der Waals surface area contributed by atoms with Crippen molar-refractivity contribution in [1.82, 2.24) is 0 Å². The minimum Gasteiger partial charge on any atom is -0.493 e. The molecule has 3 nitrogen and oxygen atoms in total. The van der Waals surface area contributed by atoms with Crippen LogP contribution in [0.25, 0.3) is 0 Å². The molecule has 0 aromatic heterocycles. The number of anilines is 1. The Bertz CT molecular complexity index is 696. The molecular weight excluding hydrogens is 321 g/mol. The fraction of sp³-hybridized carbons (Fsp3) is 0.176. The number of terminal acetylenes is 1. The second kappa shape index (κ2) is 7.84. The van der Waals surface area contributed by atoms with Gasteiger partial charge in [0.1, 0.15) is 6.61 Å². The van der Waals surface area contributed by atoms with E-state index in [1.807, 2.05) is 24.3 Å². The second-order valence-electron chi connectivity index (χ2n) is 4.46. The van der Waals surface area contributed by atoms with Crippen molar-refractivity contribution in [1.29, 1.82) is 0 Å². The molecule has 0 radical (unpaired) electrons. The topological polar surface area (TPSA) is 30.5 Å². The van der Waals surface area contributed by atoms with Gasteiger partial charge in [-0.15, -0.1) is 6.42 Å². The highest BCUT2D eigenvalue weighted by Crippen LogP contribution is 2.29. The van der Waals surface area contributed by atoms with Crippen LogP contribution in [0.1, 0.15) is 5.56 Å². The Labute approximate surface area is 140 Å². The molecule has 22 heavy (non-hydrogen) atoms. The van der Waals surface area contributed by atoms with Gasteiger partial charge >= 0.3 is 0 Å². The van der Waals surface area contributed by atoms with Gasteiger partial charge in [0.15, 0.2) is 11.5 Å². The van der Waals surface area contributed by atoms with E-state index >= 15 is 0 Å². The molecule has 0 atom stereocenters. The summed E-state index contributed by atoms with van der Waals surface area (Å²) in [5.74, 6) is 3.69. The summed E-state index contributed by atoms with van der Waals surface area (Å²) >= 11 is 11.9. The maximum Gasteiger partial charge on any atom is 0.162 e. The first-order valence-electron chi connectivity index (χ1n) is 6.56. The monoisotopic (exact) mass is 335 g/mol. The van der Waals surface area contributed by atoms with Gasteiger partial charge in [-0.2, -0.15) is 0 Å². The van der Waals surface area contributed by atoms with Crippen molar-refractivity contribution < 1.29 is 9.47 Å². The van der Waals surface area contributed by atoms with Crippen molar-refractivity contribution >= 4 is 28.9 Å². The number of rotatable bonds is 6. The quantitative estimate of drug-likeness (QED) is 0.781. The largest absolute Gasteiger partial charge is 0.493 e. The molecule has 0 saturated carbocycles. The summed E-state index contributed by atoms with van der Waals surface area (Å²) < 4.78 is 10.7. The second-order valence-corrected chi connectivity index (χ2v) is 5.27. The first kappa shape index (κ1) is 16.4. The SMILES string of the molecule is C#CCOc1ccc(CNc2ccc(Cl)c(Cl)c2)cc1OC. The third-order valence-electron chi connectivity index (χ3n) is 2.96. The Hall–Kier alpha value is -2.02. The Morgan fingerprint density at radius 1 is 1.09 bits per heavy atom. The smallest absolute Gasteiger partial charge is 0.162 e. The van der Waals surface area contributed by atoms with E-state index in [1.165, 1.54) is 0 Å². The summed E-state index contributed by atoms with van der Waals surface area (Å²) in [6, 6.07) is 11.1. The van der Waals surface area contributed by atoms with E-state index in [9.17, 15) is 0 Å². The van der Waals surface area contributed by atoms with E-state index in [4.69, 9.17) is 39.1 Å². The number of halogens is 2. The van der Waals surface area contributed by atoms with Gasteiger partial charge in [-0.3, -0.25) is 0 Å². The van der Waals surface area contributed by atoms with Gasteiger partial charge in [-0.25, -0.2) is 0 Å². The number of hydrogen-bond acceptors (Lipinski definition) is 3. The zero-order valence-electron chi connectivity index (χ0n) is 12.0. The van der Waals surface area contributed by atoms with Crippen LogP contribution in [0.5, 0.6) is 11.5 Å². The maximum atomic E-state index is 5.99. The van der Waals surface area contributed by atoms with Crippen molar-refractivity contribution in [3.63, 3.8) is 0 Å². The summed E-state index contributed by atoms with van der Waals surface area (Å²) in [5, 5.41) is 4.32. The Balaban J connectivity index is 2.06. The summed E-state index contributed by atoms with van der Waals surface area (Å²) in [5.41, 5.74) is 1.93. The molecule has 2 rings (SSSR count). The minimum absolute atomic E-state index is 0.206. The number of nitrogens with one attached hydrogen (secondary N) is 1. The Kier molecular flexibility index (Phi) is 5.83. The molecular formula is C17H15Cl2NO2. The van der Waals surface area contributed by atoms with Gasteiger partial charge in [0.2, 0.25) is 0 Å². The van der Waals surface area contributed by atoms with Crippen molar-refractivity contribution in [2.45, 2.75) is 6.54 Å². The predicted octanol–water partition coefficient (Wildman–Crippen LogP) is 4.63. The standard InChI is InChI=1S/C17H15Cl2NO2/c1-3-8-22-16-7-4-12(9-17(16)21-2)11-20-13-5-6-14(18)15(19)10-13/h1,4-7,9-10,20H,8,11H2,2H3. The van der Waals surface area contributed by atoms with Gasteiger partial charge in [0.05, 0.1) is 17.2 Å². The molecule has 0 aliphatic rings. The average molecular weight is 336 g/mol. The normalized spacial score (nSPS) is 9.91. The van der Waals surface area contributed by atoms with Gasteiger partial charge < -0.3 is 14.8 Å². The van der Waals surface area contributed by atoms with E-state index in [1.54, 1.807) is 19.2 Å². The first-order chi connectivity index (χ1) is 10.6. The van der Waals surface area contributed by atoms with Crippen LogP contribution in [-0.4, -0.2) is 13.7 Å². The summed E-state index contributed by atoms with van der Waals surface area (Å²) in [6.07, 6.45) is 5.19. The molecule has 2 aromatic rings. The highest BCUT2D eigenvalue weighted by molar-refractivity contribution is 6.42. The Morgan fingerprint density at radius 3 is 2.59 bits per heavy atom. The van der Waals surface area contributed by atoms with Gasteiger partial charge in [0, 0.05) is 12.2 Å². The zero-order valence-corrected chi connectivity index (χ0v) is 13.5. The molecule has 0 heterocycles. The van der Waals surface area contributed by atoms with Crippen LogP contribution in [0.15, 0.2) is 36.4 Å². The highest BCUT2D eigenvalue weighted by atomic mass is 35.5. The fourth-order valence-electron chi connectivity index (χ4n) is 1.87. The third-order valence-corrected chi connectivity index (χ3v) is 3.69. The Morgan fingerprint density at radius 2 is 1.91 bits per heavy atom. The molecule has 0 saturated heterocycles.